The van der Waals surface area contributed by atoms with Gasteiger partial charge < -0.3 is 5.32 Å². The van der Waals surface area contributed by atoms with Crippen molar-refractivity contribution in [1.82, 2.24) is 20.2 Å². The number of anilines is 2. The van der Waals surface area contributed by atoms with E-state index < -0.39 is 0 Å². The largest absolute Gasteiger partial charge is 0.340 e. The van der Waals surface area contributed by atoms with Crippen LogP contribution in [-0.2, 0) is 0 Å². The minimum Gasteiger partial charge on any atom is -0.340 e. The summed E-state index contributed by atoms with van der Waals surface area (Å²) in [5.41, 5.74) is 3.29. The summed E-state index contributed by atoms with van der Waals surface area (Å²) in [5.74, 6) is 1.26. The van der Waals surface area contributed by atoms with E-state index >= 15 is 0 Å². The summed E-state index contributed by atoms with van der Waals surface area (Å²) in [6.07, 6.45) is 3.47. The Labute approximate surface area is 137 Å². The third-order valence-corrected chi connectivity index (χ3v) is 3.62. The van der Waals surface area contributed by atoms with E-state index in [4.69, 9.17) is 5.26 Å². The summed E-state index contributed by atoms with van der Waals surface area (Å²) in [6.45, 7) is 0. The van der Waals surface area contributed by atoms with Gasteiger partial charge in [0.05, 0.1) is 23.3 Å². The van der Waals surface area contributed by atoms with Crippen molar-refractivity contribution in [3.8, 4) is 17.5 Å². The summed E-state index contributed by atoms with van der Waals surface area (Å²) in [5, 5.41) is 20.2. The number of aromatic nitrogens is 4. The van der Waals surface area contributed by atoms with Crippen molar-refractivity contribution in [3.63, 3.8) is 0 Å². The van der Waals surface area contributed by atoms with Gasteiger partial charge in [0.1, 0.15) is 5.82 Å². The summed E-state index contributed by atoms with van der Waals surface area (Å²) < 4.78 is 0. The van der Waals surface area contributed by atoms with Gasteiger partial charge in [-0.3, -0.25) is 5.10 Å². The van der Waals surface area contributed by atoms with Crippen LogP contribution in [0.2, 0.25) is 0 Å². The second-order valence-electron chi connectivity index (χ2n) is 5.26. The van der Waals surface area contributed by atoms with Gasteiger partial charge in [0.2, 0.25) is 0 Å². The molecule has 114 valence electrons. The zero-order valence-electron chi connectivity index (χ0n) is 12.6. The fourth-order valence-electron chi connectivity index (χ4n) is 2.46. The second kappa shape index (κ2) is 5.82. The summed E-state index contributed by atoms with van der Waals surface area (Å²) in [4.78, 5) is 8.82. The fraction of sp³-hybridized carbons (Fsp3) is 0. The zero-order valence-corrected chi connectivity index (χ0v) is 12.6. The van der Waals surface area contributed by atoms with Crippen molar-refractivity contribution in [2.45, 2.75) is 0 Å². The van der Waals surface area contributed by atoms with Crippen LogP contribution in [0.3, 0.4) is 0 Å². The first-order valence-electron chi connectivity index (χ1n) is 7.35. The zero-order chi connectivity index (χ0) is 16.4. The molecule has 0 radical (unpaired) electrons. The molecule has 2 heterocycles. The van der Waals surface area contributed by atoms with Crippen LogP contribution >= 0.6 is 0 Å². The minimum atomic E-state index is 0.571. The second-order valence-corrected chi connectivity index (χ2v) is 5.26. The topological polar surface area (TPSA) is 90.3 Å². The molecule has 0 spiro atoms. The first-order valence-corrected chi connectivity index (χ1v) is 7.35. The molecule has 2 aromatic heterocycles. The molecule has 0 amide bonds. The number of hydrogen-bond acceptors (Lipinski definition) is 5. The lowest BCUT2D eigenvalue weighted by atomic mass is 10.1. The third kappa shape index (κ3) is 2.66. The molecule has 0 fully saturated rings. The highest BCUT2D eigenvalue weighted by molar-refractivity contribution is 5.82. The van der Waals surface area contributed by atoms with E-state index in [0.29, 0.717) is 17.2 Å². The number of nitriles is 1. The van der Waals surface area contributed by atoms with Crippen LogP contribution in [0, 0.1) is 11.3 Å². The molecule has 6 heteroatoms. The molecule has 0 atom stereocenters. The molecule has 2 aromatic carbocycles. The molecular formula is C18H12N6. The Morgan fingerprint density at radius 3 is 2.96 bits per heavy atom. The molecule has 0 aliphatic rings. The molecular weight excluding hydrogens is 300 g/mol. The molecule has 0 saturated heterocycles. The Hall–Kier alpha value is -3.72. The lowest BCUT2D eigenvalue weighted by molar-refractivity contribution is 1.12. The summed E-state index contributed by atoms with van der Waals surface area (Å²) >= 11 is 0. The van der Waals surface area contributed by atoms with Gasteiger partial charge in [-0.1, -0.05) is 12.1 Å². The molecule has 0 saturated carbocycles. The van der Waals surface area contributed by atoms with E-state index in [1.807, 2.05) is 30.3 Å². The van der Waals surface area contributed by atoms with Crippen LogP contribution in [0.5, 0.6) is 0 Å². The number of fused-ring (bicyclic) bond motifs is 1. The highest BCUT2D eigenvalue weighted by Gasteiger charge is 2.05. The van der Waals surface area contributed by atoms with E-state index in [-0.39, 0.29) is 0 Å². The molecule has 24 heavy (non-hydrogen) atoms. The lowest BCUT2D eigenvalue weighted by Gasteiger charge is -2.07. The van der Waals surface area contributed by atoms with Gasteiger partial charge in [0, 0.05) is 22.8 Å². The number of H-pyrrole nitrogens is 1. The van der Waals surface area contributed by atoms with Crippen molar-refractivity contribution < 1.29 is 0 Å². The maximum atomic E-state index is 9.02. The average molecular weight is 312 g/mol. The van der Waals surface area contributed by atoms with Crippen molar-refractivity contribution in [2.24, 2.45) is 0 Å². The Balaban J connectivity index is 1.65. The number of benzene rings is 2. The van der Waals surface area contributed by atoms with Crippen molar-refractivity contribution in [2.75, 3.05) is 5.32 Å². The van der Waals surface area contributed by atoms with E-state index in [9.17, 15) is 0 Å². The Morgan fingerprint density at radius 2 is 2.04 bits per heavy atom. The van der Waals surface area contributed by atoms with E-state index in [1.165, 1.54) is 0 Å². The first-order chi connectivity index (χ1) is 11.8. The highest BCUT2D eigenvalue weighted by atomic mass is 15.1. The van der Waals surface area contributed by atoms with Crippen LogP contribution in [0.25, 0.3) is 22.3 Å². The van der Waals surface area contributed by atoms with Gasteiger partial charge in [-0.2, -0.15) is 10.4 Å². The minimum absolute atomic E-state index is 0.571. The van der Waals surface area contributed by atoms with Crippen LogP contribution in [0.4, 0.5) is 11.5 Å². The third-order valence-electron chi connectivity index (χ3n) is 3.62. The Kier molecular flexibility index (Phi) is 3.37. The molecule has 0 aliphatic carbocycles. The van der Waals surface area contributed by atoms with Crippen molar-refractivity contribution in [3.05, 3.63) is 66.5 Å². The number of hydrogen-bond donors (Lipinski definition) is 2. The van der Waals surface area contributed by atoms with Gasteiger partial charge in [-0.25, -0.2) is 9.97 Å². The molecule has 6 nitrogen and oxygen atoms in total. The van der Waals surface area contributed by atoms with Gasteiger partial charge in [0.25, 0.3) is 0 Å². The molecule has 4 aromatic rings. The van der Waals surface area contributed by atoms with Crippen LogP contribution in [-0.4, -0.2) is 20.2 Å². The van der Waals surface area contributed by atoms with Crippen LogP contribution in [0.1, 0.15) is 5.56 Å². The number of aromatic amines is 1. The van der Waals surface area contributed by atoms with Crippen LogP contribution in [0.15, 0.2) is 60.9 Å². The Bertz CT molecular complexity index is 1060. The normalized spacial score (nSPS) is 10.5. The van der Waals surface area contributed by atoms with Gasteiger partial charge in [-0.05, 0) is 36.4 Å². The Morgan fingerprint density at radius 1 is 1.08 bits per heavy atom. The summed E-state index contributed by atoms with van der Waals surface area (Å²) in [6, 6.07) is 17.1. The number of nitrogens with one attached hydrogen (secondary N) is 2. The maximum absolute atomic E-state index is 9.02. The van der Waals surface area contributed by atoms with Crippen molar-refractivity contribution in [1.29, 1.82) is 5.26 Å². The monoisotopic (exact) mass is 312 g/mol. The van der Waals surface area contributed by atoms with Gasteiger partial charge >= 0.3 is 0 Å². The summed E-state index contributed by atoms with van der Waals surface area (Å²) in [7, 11) is 0. The molecule has 2 N–H and O–H groups in total. The number of rotatable bonds is 3. The predicted octanol–water partition coefficient (Wildman–Crippen LogP) is 3.64. The molecule has 0 aliphatic heterocycles. The van der Waals surface area contributed by atoms with E-state index in [2.05, 4.69) is 31.6 Å². The van der Waals surface area contributed by atoms with E-state index in [1.54, 1.807) is 30.6 Å². The molecule has 0 unspecified atom stereocenters. The van der Waals surface area contributed by atoms with Crippen LogP contribution < -0.4 is 5.32 Å². The fourth-order valence-corrected chi connectivity index (χ4v) is 2.46. The molecule has 0 bridgehead atoms. The quantitative estimate of drug-likeness (QED) is 0.603. The van der Waals surface area contributed by atoms with Gasteiger partial charge in [-0.15, -0.1) is 0 Å². The highest BCUT2D eigenvalue weighted by Crippen LogP contribution is 2.22. The lowest BCUT2D eigenvalue weighted by Crippen LogP contribution is -1.96. The SMILES string of the molecule is N#Cc1cccc(-c2nccc(Nc3ccc4[nH]ncc4c3)n2)c1. The average Bonchev–Trinajstić information content (AvgIpc) is 3.10. The first kappa shape index (κ1) is 13.9. The van der Waals surface area contributed by atoms with Gasteiger partial charge in [0.15, 0.2) is 5.82 Å². The maximum Gasteiger partial charge on any atom is 0.161 e. The predicted molar refractivity (Wildman–Crippen MR) is 91.6 cm³/mol. The van der Waals surface area contributed by atoms with Crippen molar-refractivity contribution >= 4 is 22.4 Å². The number of nitrogens with zero attached hydrogens (tertiary/aromatic N) is 4. The molecule has 4 rings (SSSR count). The van der Waals surface area contributed by atoms with E-state index in [0.717, 1.165) is 22.2 Å². The smallest absolute Gasteiger partial charge is 0.161 e. The standard InChI is InChI=1S/C18H12N6/c19-10-12-2-1-3-13(8-12)18-20-7-6-17(23-18)22-15-4-5-16-14(9-15)11-21-24-16/h1-9,11H,(H,21,24)(H,20,22,23).